The van der Waals surface area contributed by atoms with E-state index in [1.807, 2.05) is 48.5 Å². The predicted octanol–water partition coefficient (Wildman–Crippen LogP) is 2.92. The number of benzene rings is 2. The van der Waals surface area contributed by atoms with E-state index in [-0.39, 0.29) is 5.91 Å². The molecule has 0 radical (unpaired) electrons. The molecular formula is C25H26N4O4. The van der Waals surface area contributed by atoms with Crippen LogP contribution >= 0.6 is 0 Å². The third-order valence-corrected chi connectivity index (χ3v) is 6.87. The lowest BCUT2D eigenvalue weighted by atomic mass is 9.87. The molecule has 5 rings (SSSR count). The molecule has 1 aromatic heterocycles. The Morgan fingerprint density at radius 2 is 1.97 bits per heavy atom. The maximum atomic E-state index is 13.7. The number of urea groups is 1. The minimum absolute atomic E-state index is 0.329. The van der Waals surface area contributed by atoms with Crippen LogP contribution in [-0.2, 0) is 28.1 Å². The summed E-state index contributed by atoms with van der Waals surface area (Å²) in [7, 11) is 1.62. The fourth-order valence-corrected chi connectivity index (χ4v) is 4.96. The van der Waals surface area contributed by atoms with E-state index < -0.39 is 23.5 Å². The van der Waals surface area contributed by atoms with Gasteiger partial charge < -0.3 is 19.9 Å². The van der Waals surface area contributed by atoms with Gasteiger partial charge in [-0.1, -0.05) is 30.3 Å². The summed E-state index contributed by atoms with van der Waals surface area (Å²) in [4.78, 5) is 45.9. The molecular weight excluding hydrogens is 420 g/mol. The second-order valence-corrected chi connectivity index (χ2v) is 8.70. The molecule has 2 unspecified atom stereocenters. The van der Waals surface area contributed by atoms with Gasteiger partial charge in [0.05, 0.1) is 12.8 Å². The highest BCUT2D eigenvalue weighted by Crippen LogP contribution is 2.45. The highest BCUT2D eigenvalue weighted by atomic mass is 16.5. The standard InChI is InChI=1S/C25H26N4O4/c1-15(22(30)26-14-16-7-5-4-6-8-16)29-23(31)25(2)21-18(11-12-28(25)24(29)32)19-13-17(33-3)9-10-20(19)27-21/h4-10,13,15,27H,11-12,14H2,1-3H3,(H,26,30). The van der Waals surface area contributed by atoms with E-state index in [2.05, 4.69) is 10.3 Å². The SMILES string of the molecule is COc1ccc2[nH]c3c(c2c1)CCN1C(=O)N(C(C)C(=O)NCc2ccccc2)C(=O)C31C. The number of imide groups is 1. The van der Waals surface area contributed by atoms with Gasteiger partial charge >= 0.3 is 6.03 Å². The van der Waals surface area contributed by atoms with Crippen molar-refractivity contribution in [1.29, 1.82) is 0 Å². The number of fused-ring (bicyclic) bond motifs is 5. The number of aromatic nitrogens is 1. The van der Waals surface area contributed by atoms with Crippen molar-refractivity contribution in [3.05, 3.63) is 65.4 Å². The Bertz CT molecular complexity index is 1270. The zero-order chi connectivity index (χ0) is 23.3. The lowest BCUT2D eigenvalue weighted by molar-refractivity contribution is -0.139. The predicted molar refractivity (Wildman–Crippen MR) is 123 cm³/mol. The van der Waals surface area contributed by atoms with Crippen LogP contribution in [0.2, 0.25) is 0 Å². The number of H-pyrrole nitrogens is 1. The van der Waals surface area contributed by atoms with Gasteiger partial charge in [0, 0.05) is 24.0 Å². The Kier molecular flexibility index (Phi) is 4.88. The molecule has 1 fully saturated rings. The summed E-state index contributed by atoms with van der Waals surface area (Å²) in [6.07, 6.45) is 0.611. The Morgan fingerprint density at radius 1 is 1.21 bits per heavy atom. The zero-order valence-electron chi connectivity index (χ0n) is 18.8. The Hall–Kier alpha value is -3.81. The van der Waals surface area contributed by atoms with E-state index in [0.29, 0.717) is 25.2 Å². The van der Waals surface area contributed by atoms with Crippen LogP contribution in [0.4, 0.5) is 4.79 Å². The zero-order valence-corrected chi connectivity index (χ0v) is 18.8. The molecule has 2 aliphatic rings. The molecule has 4 amide bonds. The van der Waals surface area contributed by atoms with Crippen molar-refractivity contribution in [3.63, 3.8) is 0 Å². The second-order valence-electron chi connectivity index (χ2n) is 8.70. The van der Waals surface area contributed by atoms with Gasteiger partial charge in [0.1, 0.15) is 11.8 Å². The minimum Gasteiger partial charge on any atom is -0.497 e. The number of ether oxygens (including phenoxy) is 1. The number of hydrogen-bond acceptors (Lipinski definition) is 4. The average molecular weight is 447 g/mol. The van der Waals surface area contributed by atoms with Gasteiger partial charge in [0.2, 0.25) is 5.91 Å². The molecule has 2 aromatic carbocycles. The van der Waals surface area contributed by atoms with Crippen molar-refractivity contribution in [2.45, 2.75) is 38.4 Å². The van der Waals surface area contributed by atoms with Crippen LogP contribution in [0, 0.1) is 0 Å². The molecule has 0 spiro atoms. The number of methoxy groups -OCH3 is 1. The maximum Gasteiger partial charge on any atom is 0.328 e. The van der Waals surface area contributed by atoms with Gasteiger partial charge in [-0.05, 0) is 49.6 Å². The molecule has 2 aliphatic heterocycles. The maximum absolute atomic E-state index is 13.7. The molecule has 33 heavy (non-hydrogen) atoms. The van der Waals surface area contributed by atoms with Gasteiger partial charge in [-0.3, -0.25) is 9.59 Å². The molecule has 0 saturated carbocycles. The van der Waals surface area contributed by atoms with E-state index in [9.17, 15) is 14.4 Å². The first-order valence-corrected chi connectivity index (χ1v) is 11.0. The second kappa shape index (κ2) is 7.65. The highest BCUT2D eigenvalue weighted by Gasteiger charge is 2.60. The van der Waals surface area contributed by atoms with Gasteiger partial charge in [0.25, 0.3) is 5.91 Å². The summed E-state index contributed by atoms with van der Waals surface area (Å²) in [5.41, 5.74) is 2.35. The molecule has 0 aliphatic carbocycles. The van der Waals surface area contributed by atoms with E-state index in [1.54, 1.807) is 25.9 Å². The Labute approximate surface area is 191 Å². The molecule has 2 atom stereocenters. The van der Waals surface area contributed by atoms with Crippen LogP contribution in [0.1, 0.15) is 30.7 Å². The summed E-state index contributed by atoms with van der Waals surface area (Å²) in [6.45, 7) is 4.07. The number of carbonyl (C=O) groups excluding carboxylic acids is 3. The number of amides is 4. The lowest BCUT2D eigenvalue weighted by Gasteiger charge is -2.36. The fraction of sp³-hybridized carbons (Fsp3) is 0.320. The number of nitrogens with zero attached hydrogens (tertiary/aromatic N) is 2. The van der Waals surface area contributed by atoms with Crippen molar-refractivity contribution < 1.29 is 19.1 Å². The average Bonchev–Trinajstić information content (AvgIpc) is 3.30. The quantitative estimate of drug-likeness (QED) is 0.589. The van der Waals surface area contributed by atoms with Crippen molar-refractivity contribution >= 4 is 28.7 Å². The lowest BCUT2D eigenvalue weighted by Crippen LogP contribution is -2.49. The van der Waals surface area contributed by atoms with Crippen LogP contribution in [0.3, 0.4) is 0 Å². The first-order valence-electron chi connectivity index (χ1n) is 11.0. The molecule has 1 saturated heterocycles. The summed E-state index contributed by atoms with van der Waals surface area (Å²) in [6, 6.07) is 13.9. The summed E-state index contributed by atoms with van der Waals surface area (Å²) in [5, 5.41) is 3.82. The van der Waals surface area contributed by atoms with Crippen LogP contribution in [-0.4, -0.2) is 52.3 Å². The highest BCUT2D eigenvalue weighted by molar-refractivity contribution is 6.11. The molecule has 8 heteroatoms. The van der Waals surface area contributed by atoms with E-state index >= 15 is 0 Å². The van der Waals surface area contributed by atoms with Crippen molar-refractivity contribution in [2.24, 2.45) is 0 Å². The van der Waals surface area contributed by atoms with Crippen LogP contribution in [0.5, 0.6) is 5.75 Å². The molecule has 0 bridgehead atoms. The van der Waals surface area contributed by atoms with Gasteiger partial charge in [-0.15, -0.1) is 0 Å². The summed E-state index contributed by atoms with van der Waals surface area (Å²) < 4.78 is 5.36. The van der Waals surface area contributed by atoms with Crippen molar-refractivity contribution in [1.82, 2.24) is 20.1 Å². The van der Waals surface area contributed by atoms with Crippen molar-refractivity contribution in [3.8, 4) is 5.75 Å². The molecule has 2 N–H and O–H groups in total. The molecule has 3 aromatic rings. The van der Waals surface area contributed by atoms with E-state index in [1.165, 1.54) is 0 Å². The summed E-state index contributed by atoms with van der Waals surface area (Å²) >= 11 is 0. The molecule has 170 valence electrons. The third kappa shape index (κ3) is 3.08. The topological polar surface area (TPSA) is 94.7 Å². The monoisotopic (exact) mass is 446 g/mol. The Balaban J connectivity index is 1.45. The van der Waals surface area contributed by atoms with Crippen LogP contribution in [0.25, 0.3) is 10.9 Å². The van der Waals surface area contributed by atoms with Crippen LogP contribution in [0.15, 0.2) is 48.5 Å². The molecule has 3 heterocycles. The van der Waals surface area contributed by atoms with E-state index in [0.717, 1.165) is 32.7 Å². The molecule has 8 nitrogen and oxygen atoms in total. The normalized spacial score (nSPS) is 20.6. The number of hydrogen-bond donors (Lipinski definition) is 2. The summed E-state index contributed by atoms with van der Waals surface area (Å²) in [5.74, 6) is -0.0315. The smallest absolute Gasteiger partial charge is 0.328 e. The number of nitrogens with one attached hydrogen (secondary N) is 2. The van der Waals surface area contributed by atoms with Crippen molar-refractivity contribution in [2.75, 3.05) is 13.7 Å². The van der Waals surface area contributed by atoms with Gasteiger partial charge in [-0.25, -0.2) is 9.69 Å². The van der Waals surface area contributed by atoms with Gasteiger partial charge in [-0.2, -0.15) is 0 Å². The Morgan fingerprint density at radius 3 is 2.70 bits per heavy atom. The van der Waals surface area contributed by atoms with Gasteiger partial charge in [0.15, 0.2) is 5.54 Å². The number of aromatic amines is 1. The number of rotatable bonds is 5. The third-order valence-electron chi connectivity index (χ3n) is 6.87. The van der Waals surface area contributed by atoms with E-state index in [4.69, 9.17) is 4.74 Å². The fourth-order valence-electron chi connectivity index (χ4n) is 4.96. The number of carbonyl (C=O) groups is 3. The van der Waals surface area contributed by atoms with Crippen LogP contribution < -0.4 is 10.1 Å². The minimum atomic E-state index is -1.19. The largest absolute Gasteiger partial charge is 0.497 e. The first-order chi connectivity index (χ1) is 15.9. The first kappa shape index (κ1) is 21.1.